The van der Waals surface area contributed by atoms with Crippen LogP contribution in [-0.4, -0.2) is 24.3 Å². The molecule has 3 aliphatic rings. The van der Waals surface area contributed by atoms with Gasteiger partial charge in [-0.05, 0) is 25.7 Å². The van der Waals surface area contributed by atoms with Crippen LogP contribution in [0.2, 0.25) is 0 Å². The average molecular weight is 195 g/mol. The largest absolute Gasteiger partial charge is 0.378 e. The lowest BCUT2D eigenvalue weighted by molar-refractivity contribution is -0.0394. The molecule has 0 atom stereocenters. The highest BCUT2D eigenvalue weighted by molar-refractivity contribution is 5.05. The quantitative estimate of drug-likeness (QED) is 0.640. The van der Waals surface area contributed by atoms with Crippen LogP contribution >= 0.6 is 0 Å². The minimum Gasteiger partial charge on any atom is -0.378 e. The molecule has 0 aromatic heterocycles. The van der Waals surface area contributed by atoms with Crippen molar-refractivity contribution in [2.24, 2.45) is 0 Å². The zero-order chi connectivity index (χ0) is 9.49. The Morgan fingerprint density at radius 2 is 1.14 bits per heavy atom. The fraction of sp³-hybridized carbons (Fsp3) is 1.00. The topological polar surface area (TPSA) is 21.3 Å². The molecular formula is C12H21NO. The van der Waals surface area contributed by atoms with Gasteiger partial charge in [0.15, 0.2) is 0 Å². The molecular weight excluding hydrogens is 174 g/mol. The highest BCUT2D eigenvalue weighted by Crippen LogP contribution is 2.40. The highest BCUT2D eigenvalue weighted by atomic mass is 16.5. The molecule has 0 amide bonds. The van der Waals surface area contributed by atoms with Gasteiger partial charge in [0.05, 0.1) is 13.2 Å². The van der Waals surface area contributed by atoms with Gasteiger partial charge in [-0.2, -0.15) is 0 Å². The summed E-state index contributed by atoms with van der Waals surface area (Å²) < 4.78 is 5.88. The van der Waals surface area contributed by atoms with Crippen molar-refractivity contribution in [3.8, 4) is 0 Å². The summed E-state index contributed by atoms with van der Waals surface area (Å²) in [5, 5.41) is 3.98. The minimum absolute atomic E-state index is 0.378. The fourth-order valence-corrected chi connectivity index (χ4v) is 3.72. The van der Waals surface area contributed by atoms with E-state index in [0.717, 1.165) is 13.2 Å². The number of hydrogen-bond acceptors (Lipinski definition) is 2. The molecule has 2 saturated carbocycles. The van der Waals surface area contributed by atoms with Crippen LogP contribution < -0.4 is 5.32 Å². The van der Waals surface area contributed by atoms with Crippen molar-refractivity contribution in [2.75, 3.05) is 13.2 Å². The van der Waals surface area contributed by atoms with Gasteiger partial charge in [0.1, 0.15) is 0 Å². The molecule has 0 bridgehead atoms. The van der Waals surface area contributed by atoms with Crippen molar-refractivity contribution < 1.29 is 4.74 Å². The van der Waals surface area contributed by atoms with Gasteiger partial charge in [-0.1, -0.05) is 25.7 Å². The lowest BCUT2D eigenvalue weighted by Crippen LogP contribution is -2.64. The van der Waals surface area contributed by atoms with Gasteiger partial charge in [0.2, 0.25) is 0 Å². The maximum atomic E-state index is 5.88. The van der Waals surface area contributed by atoms with Gasteiger partial charge in [-0.3, -0.25) is 0 Å². The molecule has 14 heavy (non-hydrogen) atoms. The van der Waals surface area contributed by atoms with E-state index in [0.29, 0.717) is 11.1 Å². The Bertz CT molecular complexity index is 192. The summed E-state index contributed by atoms with van der Waals surface area (Å²) in [5.74, 6) is 0. The van der Waals surface area contributed by atoms with Gasteiger partial charge in [-0.25, -0.2) is 0 Å². The molecule has 80 valence electrons. The number of ether oxygens (including phenoxy) is 1. The second-order valence-electron chi connectivity index (χ2n) is 5.59. The van der Waals surface area contributed by atoms with Crippen molar-refractivity contribution in [2.45, 2.75) is 62.4 Å². The van der Waals surface area contributed by atoms with Crippen molar-refractivity contribution in [3.05, 3.63) is 0 Å². The third-order valence-corrected chi connectivity index (χ3v) is 4.41. The smallest absolute Gasteiger partial charge is 0.0649 e. The summed E-state index contributed by atoms with van der Waals surface area (Å²) in [5.41, 5.74) is 0.755. The van der Waals surface area contributed by atoms with E-state index in [2.05, 4.69) is 5.32 Å². The molecule has 2 nitrogen and oxygen atoms in total. The summed E-state index contributed by atoms with van der Waals surface area (Å²) in [4.78, 5) is 0. The van der Waals surface area contributed by atoms with E-state index < -0.39 is 0 Å². The summed E-state index contributed by atoms with van der Waals surface area (Å²) in [6.45, 7) is 1.93. The van der Waals surface area contributed by atoms with Crippen LogP contribution in [0.3, 0.4) is 0 Å². The first-order valence-electron chi connectivity index (χ1n) is 6.20. The molecule has 0 aromatic carbocycles. The second-order valence-corrected chi connectivity index (χ2v) is 5.59. The third-order valence-electron chi connectivity index (χ3n) is 4.41. The Hall–Kier alpha value is -0.0800. The fourth-order valence-electron chi connectivity index (χ4n) is 3.72. The zero-order valence-electron chi connectivity index (χ0n) is 8.98. The van der Waals surface area contributed by atoms with E-state index in [-0.39, 0.29) is 0 Å². The maximum Gasteiger partial charge on any atom is 0.0649 e. The van der Waals surface area contributed by atoms with E-state index in [1.54, 1.807) is 0 Å². The van der Waals surface area contributed by atoms with Crippen molar-refractivity contribution in [3.63, 3.8) is 0 Å². The Morgan fingerprint density at radius 3 is 1.57 bits per heavy atom. The Morgan fingerprint density at radius 1 is 0.714 bits per heavy atom. The SMILES string of the molecule is C1CCC2(C1)COCC1(CCCC1)N2. The molecule has 1 aliphatic heterocycles. The lowest BCUT2D eigenvalue weighted by atomic mass is 9.88. The highest BCUT2D eigenvalue weighted by Gasteiger charge is 2.47. The zero-order valence-corrected chi connectivity index (χ0v) is 8.98. The molecule has 0 aromatic rings. The normalized spacial score (nSPS) is 34.3. The van der Waals surface area contributed by atoms with E-state index in [9.17, 15) is 0 Å². The van der Waals surface area contributed by atoms with Crippen LogP contribution in [0.15, 0.2) is 0 Å². The summed E-state index contributed by atoms with van der Waals surface area (Å²) in [7, 11) is 0. The van der Waals surface area contributed by atoms with E-state index >= 15 is 0 Å². The molecule has 3 rings (SSSR count). The Labute approximate surface area is 86.4 Å². The summed E-state index contributed by atoms with van der Waals surface area (Å²) >= 11 is 0. The molecule has 0 radical (unpaired) electrons. The van der Waals surface area contributed by atoms with Crippen LogP contribution in [-0.2, 0) is 4.74 Å². The monoisotopic (exact) mass is 195 g/mol. The Kier molecular flexibility index (Phi) is 2.10. The average Bonchev–Trinajstić information content (AvgIpc) is 2.77. The number of rotatable bonds is 0. The molecule has 2 aliphatic carbocycles. The minimum atomic E-state index is 0.378. The van der Waals surface area contributed by atoms with Gasteiger partial charge in [0.25, 0.3) is 0 Å². The molecule has 3 fully saturated rings. The van der Waals surface area contributed by atoms with Gasteiger partial charge in [0, 0.05) is 11.1 Å². The standard InChI is InChI=1S/C12H21NO/c1-2-6-11(5-1)9-14-10-12(13-11)7-3-4-8-12/h13H,1-10H2. The lowest BCUT2D eigenvalue weighted by Gasteiger charge is -2.46. The first-order chi connectivity index (χ1) is 6.83. The third kappa shape index (κ3) is 1.40. The van der Waals surface area contributed by atoms with Crippen LogP contribution in [0.1, 0.15) is 51.4 Å². The summed E-state index contributed by atoms with van der Waals surface area (Å²) in [6, 6.07) is 0. The van der Waals surface area contributed by atoms with Gasteiger partial charge < -0.3 is 10.1 Å². The predicted octanol–water partition coefficient (Wildman–Crippen LogP) is 2.23. The molecule has 1 N–H and O–H groups in total. The van der Waals surface area contributed by atoms with Crippen molar-refractivity contribution >= 4 is 0 Å². The van der Waals surface area contributed by atoms with E-state index in [1.165, 1.54) is 51.4 Å². The van der Waals surface area contributed by atoms with Gasteiger partial charge >= 0.3 is 0 Å². The number of hydrogen-bond donors (Lipinski definition) is 1. The maximum absolute atomic E-state index is 5.88. The molecule has 2 heteroatoms. The number of nitrogens with one attached hydrogen (secondary N) is 1. The first-order valence-corrected chi connectivity index (χ1v) is 6.20. The number of morpholine rings is 1. The van der Waals surface area contributed by atoms with Gasteiger partial charge in [-0.15, -0.1) is 0 Å². The molecule has 0 unspecified atom stereocenters. The molecule has 1 saturated heterocycles. The van der Waals surface area contributed by atoms with Crippen LogP contribution in [0, 0.1) is 0 Å². The molecule has 1 heterocycles. The summed E-state index contributed by atoms with van der Waals surface area (Å²) in [6.07, 6.45) is 10.9. The van der Waals surface area contributed by atoms with E-state index in [1.807, 2.05) is 0 Å². The van der Waals surface area contributed by atoms with Crippen molar-refractivity contribution in [1.29, 1.82) is 0 Å². The van der Waals surface area contributed by atoms with Crippen molar-refractivity contribution in [1.82, 2.24) is 5.32 Å². The second kappa shape index (κ2) is 3.21. The Balaban J connectivity index is 1.77. The first kappa shape index (κ1) is 9.17. The molecule has 2 spiro atoms. The van der Waals surface area contributed by atoms with Crippen LogP contribution in [0.4, 0.5) is 0 Å². The van der Waals surface area contributed by atoms with Crippen LogP contribution in [0.25, 0.3) is 0 Å². The predicted molar refractivity (Wildman–Crippen MR) is 56.4 cm³/mol. The van der Waals surface area contributed by atoms with E-state index in [4.69, 9.17) is 4.74 Å². The van der Waals surface area contributed by atoms with Crippen LogP contribution in [0.5, 0.6) is 0 Å².